The molecule has 0 radical (unpaired) electrons. The maximum absolute atomic E-state index is 12.4. The van der Waals surface area contributed by atoms with Crippen molar-refractivity contribution in [3.63, 3.8) is 0 Å². The minimum Gasteiger partial charge on any atom is -0.447 e. The summed E-state index contributed by atoms with van der Waals surface area (Å²) in [5, 5.41) is 2.87. The number of amides is 1. The van der Waals surface area contributed by atoms with Crippen molar-refractivity contribution in [3.05, 3.63) is 71.8 Å². The summed E-state index contributed by atoms with van der Waals surface area (Å²) in [5.41, 5.74) is 1.18. The van der Waals surface area contributed by atoms with Crippen molar-refractivity contribution in [2.24, 2.45) is 0 Å². The van der Waals surface area contributed by atoms with Crippen LogP contribution in [0.1, 0.15) is 47.7 Å². The fourth-order valence-electron chi connectivity index (χ4n) is 2.58. The van der Waals surface area contributed by atoms with Gasteiger partial charge in [-0.05, 0) is 12.8 Å². The third-order valence-corrected chi connectivity index (χ3v) is 4.17. The molecule has 26 heavy (non-hydrogen) atoms. The van der Waals surface area contributed by atoms with E-state index in [1.54, 1.807) is 48.5 Å². The van der Waals surface area contributed by atoms with Gasteiger partial charge < -0.3 is 10.1 Å². The molecule has 5 nitrogen and oxygen atoms in total. The average Bonchev–Trinajstić information content (AvgIpc) is 3.49. The van der Waals surface area contributed by atoms with Gasteiger partial charge in [0.2, 0.25) is 6.10 Å². The third-order valence-electron chi connectivity index (χ3n) is 4.17. The summed E-state index contributed by atoms with van der Waals surface area (Å²) >= 11 is 0. The predicted molar refractivity (Wildman–Crippen MR) is 96.4 cm³/mol. The molecule has 1 fully saturated rings. The molecular formula is C21H21NO4. The Morgan fingerprint density at radius 1 is 0.923 bits per heavy atom. The van der Waals surface area contributed by atoms with E-state index >= 15 is 0 Å². The number of hydrogen-bond acceptors (Lipinski definition) is 4. The van der Waals surface area contributed by atoms with Gasteiger partial charge in [-0.1, -0.05) is 60.7 Å². The van der Waals surface area contributed by atoms with Crippen LogP contribution in [-0.2, 0) is 14.3 Å². The third kappa shape index (κ3) is 5.02. The highest BCUT2D eigenvalue weighted by Crippen LogP contribution is 2.23. The Bertz CT molecular complexity index is 769. The van der Waals surface area contributed by atoms with E-state index in [1.807, 2.05) is 12.1 Å². The molecule has 1 saturated carbocycles. The Hall–Kier alpha value is -2.95. The molecule has 3 rings (SSSR count). The molecule has 0 unspecified atom stereocenters. The summed E-state index contributed by atoms with van der Waals surface area (Å²) in [6.07, 6.45) is 0.901. The van der Waals surface area contributed by atoms with Gasteiger partial charge in [-0.3, -0.25) is 14.4 Å². The first-order valence-corrected chi connectivity index (χ1v) is 8.76. The molecule has 0 aromatic heterocycles. The summed E-state index contributed by atoms with van der Waals surface area (Å²) < 4.78 is 5.41. The highest BCUT2D eigenvalue weighted by molar-refractivity contribution is 5.97. The molecule has 1 amide bonds. The van der Waals surface area contributed by atoms with Crippen molar-refractivity contribution < 1.29 is 19.1 Å². The Balaban J connectivity index is 1.59. The molecule has 134 valence electrons. The first-order valence-electron chi connectivity index (χ1n) is 8.76. The molecule has 1 aliphatic rings. The monoisotopic (exact) mass is 351 g/mol. The van der Waals surface area contributed by atoms with Crippen molar-refractivity contribution in [1.82, 2.24) is 5.32 Å². The molecule has 0 aliphatic heterocycles. The summed E-state index contributed by atoms with van der Waals surface area (Å²) in [4.78, 5) is 36.8. The van der Waals surface area contributed by atoms with Crippen molar-refractivity contribution in [2.45, 2.75) is 37.8 Å². The second-order valence-electron chi connectivity index (χ2n) is 6.35. The van der Waals surface area contributed by atoms with E-state index in [9.17, 15) is 14.4 Å². The second kappa shape index (κ2) is 8.43. The smallest absolute Gasteiger partial charge is 0.307 e. The number of Topliss-reactive ketones (excluding diaryl/α,β-unsaturated/α-hetero) is 1. The maximum Gasteiger partial charge on any atom is 0.307 e. The highest BCUT2D eigenvalue weighted by Gasteiger charge is 2.30. The van der Waals surface area contributed by atoms with Crippen LogP contribution in [0, 0.1) is 0 Å². The van der Waals surface area contributed by atoms with Gasteiger partial charge in [0.15, 0.2) is 5.78 Å². The number of ketones is 1. The second-order valence-corrected chi connectivity index (χ2v) is 6.35. The number of benzene rings is 2. The van der Waals surface area contributed by atoms with Crippen molar-refractivity contribution >= 4 is 17.7 Å². The molecule has 1 aliphatic carbocycles. The van der Waals surface area contributed by atoms with Gasteiger partial charge in [0.05, 0.1) is 6.42 Å². The van der Waals surface area contributed by atoms with E-state index in [2.05, 4.69) is 5.32 Å². The van der Waals surface area contributed by atoms with Crippen LogP contribution < -0.4 is 5.32 Å². The SMILES string of the molecule is O=C(CCC(=O)c1ccccc1)O[C@@H](C(=O)NC1CC1)c1ccccc1. The fraction of sp³-hybridized carbons (Fsp3) is 0.286. The van der Waals surface area contributed by atoms with Crippen molar-refractivity contribution in [3.8, 4) is 0 Å². The van der Waals surface area contributed by atoms with Gasteiger partial charge in [-0.25, -0.2) is 0 Å². The van der Waals surface area contributed by atoms with E-state index < -0.39 is 12.1 Å². The van der Waals surface area contributed by atoms with E-state index in [0.29, 0.717) is 11.1 Å². The van der Waals surface area contributed by atoms with Crippen LogP contribution in [0.3, 0.4) is 0 Å². The van der Waals surface area contributed by atoms with Crippen LogP contribution >= 0.6 is 0 Å². The van der Waals surface area contributed by atoms with Crippen LogP contribution in [0.15, 0.2) is 60.7 Å². The number of ether oxygens (including phenoxy) is 1. The molecule has 0 bridgehead atoms. The Kier molecular flexibility index (Phi) is 5.79. The van der Waals surface area contributed by atoms with Crippen molar-refractivity contribution in [1.29, 1.82) is 0 Å². The molecule has 1 N–H and O–H groups in total. The quantitative estimate of drug-likeness (QED) is 0.585. The summed E-state index contributed by atoms with van der Waals surface area (Å²) in [5.74, 6) is -1.00. The summed E-state index contributed by atoms with van der Waals surface area (Å²) in [7, 11) is 0. The zero-order chi connectivity index (χ0) is 18.4. The highest BCUT2D eigenvalue weighted by atomic mass is 16.5. The molecule has 0 spiro atoms. The Labute approximate surface area is 152 Å². The predicted octanol–water partition coefficient (Wildman–Crippen LogP) is 3.21. The zero-order valence-electron chi connectivity index (χ0n) is 14.4. The molecule has 2 aromatic carbocycles. The average molecular weight is 351 g/mol. The molecule has 0 heterocycles. The van der Waals surface area contributed by atoms with Gasteiger partial charge in [0.25, 0.3) is 5.91 Å². The number of nitrogens with one attached hydrogen (secondary N) is 1. The molecule has 2 aromatic rings. The number of esters is 1. The van der Waals surface area contributed by atoms with Crippen molar-refractivity contribution in [2.75, 3.05) is 0 Å². The lowest BCUT2D eigenvalue weighted by atomic mass is 10.1. The van der Waals surface area contributed by atoms with Crippen LogP contribution in [-0.4, -0.2) is 23.7 Å². The van der Waals surface area contributed by atoms with Crippen LogP contribution in [0.4, 0.5) is 0 Å². The first-order chi connectivity index (χ1) is 12.6. The van der Waals surface area contributed by atoms with Gasteiger partial charge in [-0.2, -0.15) is 0 Å². The number of rotatable bonds is 8. The topological polar surface area (TPSA) is 72.5 Å². The minimum absolute atomic E-state index is 0.0502. The van der Waals surface area contributed by atoms with Gasteiger partial charge in [0.1, 0.15) is 0 Å². The maximum atomic E-state index is 12.4. The Morgan fingerprint density at radius 3 is 2.15 bits per heavy atom. The van der Waals surface area contributed by atoms with Gasteiger partial charge >= 0.3 is 5.97 Å². The lowest BCUT2D eigenvalue weighted by molar-refractivity contribution is -0.156. The molecule has 0 saturated heterocycles. The van der Waals surface area contributed by atoms with Crippen LogP contribution in [0.5, 0.6) is 0 Å². The molecular weight excluding hydrogens is 330 g/mol. The van der Waals surface area contributed by atoms with Crippen LogP contribution in [0.25, 0.3) is 0 Å². The van der Waals surface area contributed by atoms with E-state index in [1.165, 1.54) is 0 Å². The minimum atomic E-state index is -0.990. The van der Waals surface area contributed by atoms with E-state index in [0.717, 1.165) is 12.8 Å². The fourth-order valence-corrected chi connectivity index (χ4v) is 2.58. The standard InChI is InChI=1S/C21H21NO4/c23-18(15-7-3-1-4-8-15)13-14-19(24)26-20(16-9-5-2-6-10-16)21(25)22-17-11-12-17/h1-10,17,20H,11-14H2,(H,22,25)/t20-/m1/s1. The summed E-state index contributed by atoms with van der Waals surface area (Å²) in [6.45, 7) is 0. The van der Waals surface area contributed by atoms with Gasteiger partial charge in [-0.15, -0.1) is 0 Å². The number of hydrogen-bond donors (Lipinski definition) is 1. The molecule has 1 atom stereocenters. The zero-order valence-corrected chi connectivity index (χ0v) is 14.4. The largest absolute Gasteiger partial charge is 0.447 e. The van der Waals surface area contributed by atoms with E-state index in [-0.39, 0.29) is 30.6 Å². The number of carbonyl (C=O) groups excluding carboxylic acids is 3. The lowest BCUT2D eigenvalue weighted by Crippen LogP contribution is -2.33. The first kappa shape index (κ1) is 17.9. The normalized spacial score (nSPS) is 14.3. The summed E-state index contributed by atoms with van der Waals surface area (Å²) in [6, 6.07) is 17.9. The van der Waals surface area contributed by atoms with E-state index in [4.69, 9.17) is 4.74 Å². The number of carbonyl (C=O) groups is 3. The lowest BCUT2D eigenvalue weighted by Gasteiger charge is -2.18. The van der Waals surface area contributed by atoms with Crippen LogP contribution in [0.2, 0.25) is 0 Å². The molecule has 5 heteroatoms. The van der Waals surface area contributed by atoms with Gasteiger partial charge in [0, 0.05) is 23.6 Å². The Morgan fingerprint density at radius 2 is 1.54 bits per heavy atom.